The van der Waals surface area contributed by atoms with Gasteiger partial charge in [-0.15, -0.1) is 0 Å². The number of anilines is 1. The van der Waals surface area contributed by atoms with Crippen molar-refractivity contribution in [1.29, 1.82) is 0 Å². The molecule has 2 N–H and O–H groups in total. The quantitative estimate of drug-likeness (QED) is 0.589. The van der Waals surface area contributed by atoms with E-state index in [1.807, 2.05) is 0 Å². The van der Waals surface area contributed by atoms with Crippen molar-refractivity contribution in [3.05, 3.63) is 53.6 Å². The van der Waals surface area contributed by atoms with Crippen molar-refractivity contribution in [2.75, 3.05) is 11.4 Å². The highest BCUT2D eigenvalue weighted by Gasteiger charge is 2.33. The fourth-order valence-electron chi connectivity index (χ4n) is 2.24. The lowest BCUT2D eigenvalue weighted by Crippen LogP contribution is -2.47. The Balaban J connectivity index is 2.58. The molecule has 7 nitrogen and oxygen atoms in total. The molecule has 1 unspecified atom stereocenters. The van der Waals surface area contributed by atoms with E-state index in [9.17, 15) is 13.2 Å². The Bertz CT molecular complexity index is 855. The van der Waals surface area contributed by atoms with Gasteiger partial charge in [0.05, 0.1) is 17.7 Å². The summed E-state index contributed by atoms with van der Waals surface area (Å²) in [5.41, 5.74) is 1.67. The third kappa shape index (κ3) is 4.04. The molecule has 0 fully saturated rings. The number of methoxy groups -OCH3 is 1. The topological polar surface area (TPSA) is 95.9 Å². The first-order valence-corrected chi connectivity index (χ1v) is 9.01. The molecule has 0 aliphatic carbocycles. The van der Waals surface area contributed by atoms with Crippen LogP contribution in [0.1, 0.15) is 6.92 Å². The van der Waals surface area contributed by atoms with E-state index in [-0.39, 0.29) is 10.6 Å². The first kappa shape index (κ1) is 19.0. The molecule has 0 heterocycles. The lowest BCUT2D eigenvalue weighted by Gasteiger charge is -2.29. The van der Waals surface area contributed by atoms with Crippen LogP contribution in [0.25, 0.3) is 0 Å². The van der Waals surface area contributed by atoms with Crippen LogP contribution >= 0.6 is 11.6 Å². The Hall–Kier alpha value is -2.29. The first-order valence-electron chi connectivity index (χ1n) is 7.19. The highest BCUT2D eigenvalue weighted by Crippen LogP contribution is 2.29. The molecule has 0 bridgehead atoms. The van der Waals surface area contributed by atoms with Gasteiger partial charge < -0.3 is 4.74 Å². The van der Waals surface area contributed by atoms with Crippen LogP contribution in [0.15, 0.2) is 53.4 Å². The minimum atomic E-state index is -4.10. The van der Waals surface area contributed by atoms with E-state index in [1.165, 1.54) is 55.9 Å². The highest BCUT2D eigenvalue weighted by atomic mass is 35.5. The molecule has 0 saturated heterocycles. The zero-order chi connectivity index (χ0) is 18.6. The summed E-state index contributed by atoms with van der Waals surface area (Å²) in [5, 5.41) is 9.21. The average molecular weight is 385 g/mol. The van der Waals surface area contributed by atoms with E-state index in [2.05, 4.69) is 0 Å². The zero-order valence-corrected chi connectivity index (χ0v) is 15.1. The second-order valence-electron chi connectivity index (χ2n) is 5.11. The molecule has 2 rings (SSSR count). The number of amides is 1. The molecule has 9 heteroatoms. The van der Waals surface area contributed by atoms with Gasteiger partial charge in [0.15, 0.2) is 0 Å². The Morgan fingerprint density at radius 1 is 1.24 bits per heavy atom. The molecule has 0 aromatic heterocycles. The third-order valence-corrected chi connectivity index (χ3v) is 5.67. The van der Waals surface area contributed by atoms with Crippen LogP contribution in [-0.2, 0) is 14.8 Å². The summed E-state index contributed by atoms with van der Waals surface area (Å²) >= 11 is 5.95. The third-order valence-electron chi connectivity index (χ3n) is 3.52. The van der Waals surface area contributed by atoms with Crippen LogP contribution in [0.2, 0.25) is 5.02 Å². The average Bonchev–Trinajstić information content (AvgIpc) is 2.61. The van der Waals surface area contributed by atoms with Crippen molar-refractivity contribution in [3.8, 4) is 5.75 Å². The standard InChI is InChI=1S/C16H17ClN2O5S/c1-11(16(20)18-21)19(13-5-3-4-12(17)10-13)25(22,23)15-8-6-14(24-2)7-9-15/h3-11,21H,1-2H3,(H,18,20). The van der Waals surface area contributed by atoms with Gasteiger partial charge in [0.1, 0.15) is 11.8 Å². The largest absolute Gasteiger partial charge is 0.497 e. The van der Waals surface area contributed by atoms with Crippen LogP contribution in [0.4, 0.5) is 5.69 Å². The molecule has 2 aromatic rings. The maximum atomic E-state index is 13.1. The SMILES string of the molecule is COc1ccc(S(=O)(=O)N(c2cccc(Cl)c2)C(C)C(=O)NO)cc1. The summed E-state index contributed by atoms with van der Waals surface area (Å²) in [7, 11) is -2.64. The molecule has 0 radical (unpaired) electrons. The second kappa shape index (κ2) is 7.73. The van der Waals surface area contributed by atoms with Gasteiger partial charge in [0.25, 0.3) is 15.9 Å². The monoisotopic (exact) mass is 384 g/mol. The number of carbonyl (C=O) groups is 1. The number of hydrogen-bond acceptors (Lipinski definition) is 5. The lowest BCUT2D eigenvalue weighted by atomic mass is 10.2. The minimum absolute atomic E-state index is 0.0362. The Labute approximate surface area is 150 Å². The van der Waals surface area contributed by atoms with Gasteiger partial charge in [-0.05, 0) is 49.4 Å². The number of nitrogens with zero attached hydrogens (tertiary/aromatic N) is 1. The number of hydroxylamine groups is 1. The maximum Gasteiger partial charge on any atom is 0.266 e. The van der Waals surface area contributed by atoms with Crippen LogP contribution in [0.5, 0.6) is 5.75 Å². The van der Waals surface area contributed by atoms with Crippen LogP contribution in [0.3, 0.4) is 0 Å². The van der Waals surface area contributed by atoms with Crippen molar-refractivity contribution in [2.45, 2.75) is 17.9 Å². The minimum Gasteiger partial charge on any atom is -0.497 e. The number of ether oxygens (including phenoxy) is 1. The van der Waals surface area contributed by atoms with Crippen molar-refractivity contribution in [1.82, 2.24) is 5.48 Å². The van der Waals surface area contributed by atoms with E-state index in [4.69, 9.17) is 21.5 Å². The molecule has 0 saturated carbocycles. The first-order chi connectivity index (χ1) is 11.8. The summed E-state index contributed by atoms with van der Waals surface area (Å²) in [6.07, 6.45) is 0. The molecule has 2 aromatic carbocycles. The Morgan fingerprint density at radius 2 is 1.88 bits per heavy atom. The van der Waals surface area contributed by atoms with E-state index in [1.54, 1.807) is 12.1 Å². The molecule has 134 valence electrons. The molecular weight excluding hydrogens is 368 g/mol. The van der Waals surface area contributed by atoms with Gasteiger partial charge in [-0.25, -0.2) is 13.9 Å². The van der Waals surface area contributed by atoms with Gasteiger partial charge >= 0.3 is 0 Å². The van der Waals surface area contributed by atoms with Crippen molar-refractivity contribution in [3.63, 3.8) is 0 Å². The Kier molecular flexibility index (Phi) is 5.89. The number of halogens is 1. The number of carbonyl (C=O) groups excluding carboxylic acids is 1. The highest BCUT2D eigenvalue weighted by molar-refractivity contribution is 7.93. The summed E-state index contributed by atoms with van der Waals surface area (Å²) in [5.74, 6) is -0.383. The fraction of sp³-hybridized carbons (Fsp3) is 0.188. The summed E-state index contributed by atoms with van der Waals surface area (Å²) in [6, 6.07) is 10.6. The van der Waals surface area contributed by atoms with E-state index in [0.29, 0.717) is 10.8 Å². The van der Waals surface area contributed by atoms with Gasteiger partial charge in [0, 0.05) is 5.02 Å². The smallest absolute Gasteiger partial charge is 0.266 e. The second-order valence-corrected chi connectivity index (χ2v) is 7.36. The summed E-state index contributed by atoms with van der Waals surface area (Å²) in [4.78, 5) is 11.8. The number of benzene rings is 2. The molecule has 25 heavy (non-hydrogen) atoms. The fourth-order valence-corrected chi connectivity index (χ4v) is 4.04. The molecule has 0 aliphatic rings. The van der Waals surface area contributed by atoms with Gasteiger partial charge in [-0.1, -0.05) is 17.7 Å². The Morgan fingerprint density at radius 3 is 2.40 bits per heavy atom. The van der Waals surface area contributed by atoms with E-state index >= 15 is 0 Å². The van der Waals surface area contributed by atoms with Gasteiger partial charge in [-0.3, -0.25) is 14.3 Å². The number of rotatable bonds is 6. The number of sulfonamides is 1. The van der Waals surface area contributed by atoms with E-state index < -0.39 is 22.0 Å². The van der Waals surface area contributed by atoms with Crippen molar-refractivity contribution < 1.29 is 23.2 Å². The summed E-state index contributed by atoms with van der Waals surface area (Å²) in [6.45, 7) is 1.35. The van der Waals surface area contributed by atoms with Gasteiger partial charge in [0.2, 0.25) is 0 Å². The molecular formula is C16H17ClN2O5S. The zero-order valence-electron chi connectivity index (χ0n) is 13.5. The molecule has 1 amide bonds. The van der Waals surface area contributed by atoms with Crippen LogP contribution < -0.4 is 14.5 Å². The van der Waals surface area contributed by atoms with Gasteiger partial charge in [-0.2, -0.15) is 0 Å². The van der Waals surface area contributed by atoms with E-state index in [0.717, 1.165) is 4.31 Å². The number of hydrogen-bond donors (Lipinski definition) is 2. The normalized spacial score (nSPS) is 12.3. The van der Waals surface area contributed by atoms with Crippen LogP contribution in [-0.4, -0.2) is 32.7 Å². The molecule has 0 spiro atoms. The lowest BCUT2D eigenvalue weighted by molar-refractivity contribution is -0.129. The molecule has 0 aliphatic heterocycles. The molecule has 1 atom stereocenters. The van der Waals surface area contributed by atoms with Crippen LogP contribution in [0, 0.1) is 0 Å². The summed E-state index contributed by atoms with van der Waals surface area (Å²) < 4.78 is 32.1. The predicted octanol–water partition coefficient (Wildman–Crippen LogP) is 2.44. The van der Waals surface area contributed by atoms with Crippen molar-refractivity contribution >= 4 is 33.2 Å². The predicted molar refractivity (Wildman–Crippen MR) is 93.5 cm³/mol. The maximum absolute atomic E-state index is 13.1. The number of nitrogens with one attached hydrogen (secondary N) is 1. The van der Waals surface area contributed by atoms with Crippen molar-refractivity contribution in [2.24, 2.45) is 0 Å².